The Morgan fingerprint density at radius 3 is 2.81 bits per heavy atom. The first-order chi connectivity index (χ1) is 7.72. The summed E-state index contributed by atoms with van der Waals surface area (Å²) in [5, 5.41) is 2.92. The largest absolute Gasteiger partial charge is 0.374 e. The Kier molecular flexibility index (Phi) is 5.44. The van der Waals surface area contributed by atoms with Gasteiger partial charge in [0.15, 0.2) is 0 Å². The molecule has 16 heavy (non-hydrogen) atoms. The number of hydrazine groups is 1. The number of anilines is 2. The van der Waals surface area contributed by atoms with Gasteiger partial charge in [0.25, 0.3) is 6.43 Å². The van der Waals surface area contributed by atoms with E-state index in [2.05, 4.69) is 15.7 Å². The molecule has 1 aromatic rings. The number of hydrogen-bond donors (Lipinski definition) is 3. The Hall–Kier alpha value is -1.47. The van der Waals surface area contributed by atoms with Gasteiger partial charge in [0.2, 0.25) is 0 Å². The number of nitrogens with one attached hydrogen (secondary N) is 2. The van der Waals surface area contributed by atoms with Crippen LogP contribution in [0.15, 0.2) is 18.2 Å². The lowest BCUT2D eigenvalue weighted by molar-refractivity contribution is 0.0215. The smallest absolute Gasteiger partial charge is 0.261 e. The number of nitrogens with zero attached hydrogens (tertiary/aromatic N) is 1. The van der Waals surface area contributed by atoms with Gasteiger partial charge >= 0.3 is 0 Å². The summed E-state index contributed by atoms with van der Waals surface area (Å²) in [4.78, 5) is 4.07. The highest BCUT2D eigenvalue weighted by Crippen LogP contribution is 2.07. The highest BCUT2D eigenvalue weighted by atomic mass is 19.3. The molecule has 5 nitrogen and oxygen atoms in total. The third-order valence-corrected chi connectivity index (χ3v) is 1.69. The van der Waals surface area contributed by atoms with E-state index in [0.29, 0.717) is 18.2 Å². The first kappa shape index (κ1) is 12.6. The van der Waals surface area contributed by atoms with E-state index in [9.17, 15) is 8.78 Å². The number of alkyl halides is 2. The van der Waals surface area contributed by atoms with Crippen LogP contribution in [0.2, 0.25) is 0 Å². The number of hydrogen-bond acceptors (Lipinski definition) is 5. The Morgan fingerprint density at radius 1 is 1.38 bits per heavy atom. The first-order valence-electron chi connectivity index (χ1n) is 4.76. The van der Waals surface area contributed by atoms with Gasteiger partial charge in [-0.3, -0.25) is 0 Å². The summed E-state index contributed by atoms with van der Waals surface area (Å²) >= 11 is 0. The number of ether oxygens (including phenoxy) is 1. The zero-order chi connectivity index (χ0) is 11.8. The molecule has 0 saturated heterocycles. The van der Waals surface area contributed by atoms with Crippen LogP contribution >= 0.6 is 0 Å². The molecule has 1 heterocycles. The topological polar surface area (TPSA) is 72.2 Å². The fourth-order valence-electron chi connectivity index (χ4n) is 1.04. The molecule has 0 aliphatic heterocycles. The molecule has 1 aromatic heterocycles. The molecule has 0 atom stereocenters. The Morgan fingerprint density at radius 2 is 2.12 bits per heavy atom. The summed E-state index contributed by atoms with van der Waals surface area (Å²) in [6.07, 6.45) is -2.43. The molecular weight excluding hydrogens is 218 g/mol. The molecule has 0 radical (unpaired) electrons. The zero-order valence-electron chi connectivity index (χ0n) is 8.62. The normalized spacial score (nSPS) is 10.5. The van der Waals surface area contributed by atoms with Crippen LogP contribution in [0, 0.1) is 0 Å². The van der Waals surface area contributed by atoms with Gasteiger partial charge in [-0.15, -0.1) is 0 Å². The highest BCUT2D eigenvalue weighted by Gasteiger charge is 2.01. The van der Waals surface area contributed by atoms with Crippen molar-refractivity contribution in [1.82, 2.24) is 4.98 Å². The van der Waals surface area contributed by atoms with Crippen LogP contribution in [0.1, 0.15) is 0 Å². The third kappa shape index (κ3) is 4.85. The molecule has 0 spiro atoms. The SMILES string of the molecule is NNc1cccc(NCCOCC(F)F)n1. The van der Waals surface area contributed by atoms with Crippen molar-refractivity contribution in [1.29, 1.82) is 0 Å². The van der Waals surface area contributed by atoms with Crippen LogP contribution in [0.25, 0.3) is 0 Å². The van der Waals surface area contributed by atoms with E-state index < -0.39 is 13.0 Å². The maximum atomic E-state index is 11.7. The quantitative estimate of drug-likeness (QED) is 0.372. The molecule has 0 bridgehead atoms. The Labute approximate surface area is 92.0 Å². The van der Waals surface area contributed by atoms with E-state index in [1.165, 1.54) is 0 Å². The van der Waals surface area contributed by atoms with E-state index in [1.54, 1.807) is 18.2 Å². The molecule has 1 rings (SSSR count). The number of nitrogen functional groups attached to an aromatic ring is 1. The summed E-state index contributed by atoms with van der Waals surface area (Å²) in [7, 11) is 0. The van der Waals surface area contributed by atoms with Crippen molar-refractivity contribution in [2.24, 2.45) is 5.84 Å². The summed E-state index contributed by atoms with van der Waals surface area (Å²) < 4.78 is 28.1. The van der Waals surface area contributed by atoms with Crippen molar-refractivity contribution in [2.45, 2.75) is 6.43 Å². The van der Waals surface area contributed by atoms with Gasteiger partial charge in [-0.25, -0.2) is 19.6 Å². The lowest BCUT2D eigenvalue weighted by Gasteiger charge is -2.07. The molecule has 0 aromatic carbocycles. The number of rotatable bonds is 7. The van der Waals surface area contributed by atoms with Gasteiger partial charge in [0, 0.05) is 6.54 Å². The first-order valence-corrected chi connectivity index (χ1v) is 4.76. The van der Waals surface area contributed by atoms with E-state index >= 15 is 0 Å². The second-order valence-corrected chi connectivity index (χ2v) is 2.95. The summed E-state index contributed by atoms with van der Waals surface area (Å²) in [5.74, 6) is 6.31. The molecule has 0 amide bonds. The number of aromatic nitrogens is 1. The van der Waals surface area contributed by atoms with E-state index in [0.717, 1.165) is 0 Å². The fraction of sp³-hybridized carbons (Fsp3) is 0.444. The highest BCUT2D eigenvalue weighted by molar-refractivity contribution is 5.44. The molecule has 0 aliphatic carbocycles. The number of pyridine rings is 1. The van der Waals surface area contributed by atoms with Crippen LogP contribution in [-0.2, 0) is 4.74 Å². The minimum Gasteiger partial charge on any atom is -0.374 e. The second kappa shape index (κ2) is 6.91. The standard InChI is InChI=1S/C9H14F2N4O/c10-7(11)6-16-5-4-13-8-2-1-3-9(14-8)15-12/h1-3,7H,4-6,12H2,(H2,13,14,15). The second-order valence-electron chi connectivity index (χ2n) is 2.95. The van der Waals surface area contributed by atoms with Crippen LogP contribution < -0.4 is 16.6 Å². The summed E-state index contributed by atoms with van der Waals surface area (Å²) in [5.41, 5.74) is 2.40. The van der Waals surface area contributed by atoms with Gasteiger partial charge < -0.3 is 15.5 Å². The minimum atomic E-state index is -2.43. The van der Waals surface area contributed by atoms with Gasteiger partial charge in [0.1, 0.15) is 18.2 Å². The maximum absolute atomic E-state index is 11.7. The number of nitrogens with two attached hydrogens (primary N) is 1. The molecular formula is C9H14F2N4O. The lowest BCUT2D eigenvalue weighted by Crippen LogP contribution is -2.14. The van der Waals surface area contributed by atoms with E-state index in [1.807, 2.05) is 0 Å². The van der Waals surface area contributed by atoms with Gasteiger partial charge in [-0.1, -0.05) is 6.07 Å². The Balaban J connectivity index is 2.21. The van der Waals surface area contributed by atoms with Crippen LogP contribution in [0.3, 0.4) is 0 Å². The van der Waals surface area contributed by atoms with Crippen molar-refractivity contribution in [3.63, 3.8) is 0 Å². The minimum absolute atomic E-state index is 0.201. The molecule has 0 fully saturated rings. The zero-order valence-corrected chi connectivity index (χ0v) is 8.62. The predicted octanol–water partition coefficient (Wildman–Crippen LogP) is 1.06. The molecule has 90 valence electrons. The van der Waals surface area contributed by atoms with Crippen LogP contribution in [0.4, 0.5) is 20.4 Å². The average molecular weight is 232 g/mol. The van der Waals surface area contributed by atoms with Crippen molar-refractivity contribution < 1.29 is 13.5 Å². The van der Waals surface area contributed by atoms with Crippen molar-refractivity contribution in [3.8, 4) is 0 Å². The number of halogens is 2. The molecule has 4 N–H and O–H groups in total. The van der Waals surface area contributed by atoms with Crippen LogP contribution in [0.5, 0.6) is 0 Å². The van der Waals surface area contributed by atoms with Gasteiger partial charge in [-0.2, -0.15) is 0 Å². The van der Waals surface area contributed by atoms with Crippen LogP contribution in [-0.4, -0.2) is 31.2 Å². The summed E-state index contributed by atoms with van der Waals surface area (Å²) in [6, 6.07) is 5.22. The average Bonchev–Trinajstić information content (AvgIpc) is 2.28. The fourth-order valence-corrected chi connectivity index (χ4v) is 1.04. The molecule has 0 aliphatic rings. The Bertz CT molecular complexity index is 311. The van der Waals surface area contributed by atoms with Gasteiger partial charge in [0.05, 0.1) is 6.61 Å². The predicted molar refractivity (Wildman–Crippen MR) is 57.4 cm³/mol. The van der Waals surface area contributed by atoms with Crippen molar-refractivity contribution in [2.75, 3.05) is 30.5 Å². The summed E-state index contributed by atoms with van der Waals surface area (Å²) in [6.45, 7) is 0.0690. The lowest BCUT2D eigenvalue weighted by atomic mass is 10.4. The van der Waals surface area contributed by atoms with Crippen molar-refractivity contribution >= 4 is 11.6 Å². The third-order valence-electron chi connectivity index (χ3n) is 1.69. The molecule has 0 unspecified atom stereocenters. The maximum Gasteiger partial charge on any atom is 0.261 e. The van der Waals surface area contributed by atoms with Gasteiger partial charge in [-0.05, 0) is 12.1 Å². The van der Waals surface area contributed by atoms with E-state index in [4.69, 9.17) is 10.6 Å². The monoisotopic (exact) mass is 232 g/mol. The van der Waals surface area contributed by atoms with E-state index in [-0.39, 0.29) is 6.61 Å². The van der Waals surface area contributed by atoms with Crippen molar-refractivity contribution in [3.05, 3.63) is 18.2 Å². The molecule has 0 saturated carbocycles. The molecule has 7 heteroatoms.